The van der Waals surface area contributed by atoms with E-state index in [1.165, 1.54) is 0 Å². The van der Waals surface area contributed by atoms with Gasteiger partial charge < -0.3 is 9.80 Å². The predicted octanol–water partition coefficient (Wildman–Crippen LogP) is 2.38. The smallest absolute Gasteiger partial charge is 0.325 e. The first-order valence-electron chi connectivity index (χ1n) is 8.58. The zero-order chi connectivity index (χ0) is 18.4. The molecule has 2 aliphatic rings. The molecule has 1 aromatic carbocycles. The number of halogens is 1. The van der Waals surface area contributed by atoms with E-state index in [1.807, 2.05) is 33.7 Å². The third-order valence-electron chi connectivity index (χ3n) is 4.89. The number of hydrogen-bond donors (Lipinski definition) is 1. The molecule has 3 amide bonds. The van der Waals surface area contributed by atoms with E-state index in [9.17, 15) is 9.59 Å². The number of likely N-dealkylation sites (N-methyl/N-ethyl adjacent to an activating group) is 1. The van der Waals surface area contributed by atoms with Crippen LogP contribution in [0.15, 0.2) is 28.7 Å². The van der Waals surface area contributed by atoms with Gasteiger partial charge in [0.1, 0.15) is 6.17 Å². The molecule has 0 aliphatic carbocycles. The number of amides is 3. The second-order valence-electron chi connectivity index (χ2n) is 6.51. The summed E-state index contributed by atoms with van der Waals surface area (Å²) in [5.41, 5.74) is 0.884. The lowest BCUT2D eigenvalue weighted by atomic mass is 10.1. The lowest BCUT2D eigenvalue weighted by Crippen LogP contribution is -2.61. The molecule has 26 heavy (non-hydrogen) atoms. The van der Waals surface area contributed by atoms with Gasteiger partial charge in [0.05, 0.1) is 0 Å². The first-order valence-corrected chi connectivity index (χ1v) is 9.37. The number of hydrogen-bond acceptors (Lipinski definition) is 5. The molecule has 0 radical (unpaired) electrons. The van der Waals surface area contributed by atoms with E-state index in [1.54, 1.807) is 11.9 Å². The van der Waals surface area contributed by atoms with Gasteiger partial charge in [0, 0.05) is 23.6 Å². The average Bonchev–Trinajstić information content (AvgIpc) is 3.17. The summed E-state index contributed by atoms with van der Waals surface area (Å²) in [5.74, 6) is 0.986. The normalized spacial score (nSPS) is 21.7. The number of urea groups is 1. The number of unbranched alkanes of at least 4 members (excludes halogenated alkanes) is 1. The minimum Gasteiger partial charge on any atom is -0.325 e. The number of carbonyl (C=O) groups is 2. The molecule has 1 aromatic heterocycles. The number of nitrogens with zero attached hydrogens (tertiary/aromatic N) is 5. The van der Waals surface area contributed by atoms with Crippen LogP contribution in [-0.2, 0) is 4.79 Å². The van der Waals surface area contributed by atoms with Crippen LogP contribution in [0.3, 0.4) is 0 Å². The lowest BCUT2D eigenvalue weighted by molar-refractivity contribution is -0.124. The Morgan fingerprint density at radius 2 is 1.92 bits per heavy atom. The zero-order valence-electron chi connectivity index (χ0n) is 14.5. The summed E-state index contributed by atoms with van der Waals surface area (Å²) in [6.45, 7) is 2.79. The van der Waals surface area contributed by atoms with Gasteiger partial charge in [-0.25, -0.2) is 4.79 Å². The van der Waals surface area contributed by atoms with Crippen LogP contribution in [-0.4, -0.2) is 51.2 Å². The van der Waals surface area contributed by atoms with Crippen LogP contribution in [0, 0.1) is 0 Å². The number of benzene rings is 1. The Hall–Kier alpha value is -2.42. The molecular formula is C17H19BrN6O2. The Bertz CT molecular complexity index is 865. The van der Waals surface area contributed by atoms with E-state index in [4.69, 9.17) is 0 Å². The van der Waals surface area contributed by atoms with Gasteiger partial charge in [0.25, 0.3) is 5.91 Å². The van der Waals surface area contributed by atoms with Crippen LogP contribution in [0.2, 0.25) is 0 Å². The van der Waals surface area contributed by atoms with Crippen molar-refractivity contribution < 1.29 is 9.59 Å². The van der Waals surface area contributed by atoms with Crippen molar-refractivity contribution in [3.63, 3.8) is 0 Å². The monoisotopic (exact) mass is 418 g/mol. The maximum absolute atomic E-state index is 12.6. The van der Waals surface area contributed by atoms with Gasteiger partial charge in [0.15, 0.2) is 11.9 Å². The minimum atomic E-state index is -0.496. The van der Waals surface area contributed by atoms with Crippen molar-refractivity contribution in [2.45, 2.75) is 32.0 Å². The van der Waals surface area contributed by atoms with Gasteiger partial charge in [0.2, 0.25) is 5.95 Å². The van der Waals surface area contributed by atoms with Gasteiger partial charge in [-0.1, -0.05) is 41.4 Å². The van der Waals surface area contributed by atoms with Crippen LogP contribution < -0.4 is 10.2 Å². The molecule has 2 aromatic rings. The molecule has 1 N–H and O–H groups in total. The Morgan fingerprint density at radius 3 is 2.62 bits per heavy atom. The van der Waals surface area contributed by atoms with E-state index < -0.39 is 18.2 Å². The van der Waals surface area contributed by atoms with E-state index >= 15 is 0 Å². The standard InChI is InChI=1S/C17H19BrN6O2/c1-3-4-9-23-12-14(25)19-17(26)22(2)15(12)24-13(20-21-16(23)24)10-5-7-11(18)8-6-10/h5-8,12,15H,3-4,9H2,1-2H3,(H,19,25,26). The van der Waals surface area contributed by atoms with Crippen molar-refractivity contribution in [1.82, 2.24) is 25.0 Å². The van der Waals surface area contributed by atoms with Gasteiger partial charge in [-0.05, 0) is 18.6 Å². The largest absolute Gasteiger partial charge is 0.325 e. The summed E-state index contributed by atoms with van der Waals surface area (Å²) in [4.78, 5) is 28.3. The summed E-state index contributed by atoms with van der Waals surface area (Å²) in [6, 6.07) is 6.84. The summed E-state index contributed by atoms with van der Waals surface area (Å²) in [5, 5.41) is 11.2. The van der Waals surface area contributed by atoms with Crippen molar-refractivity contribution >= 4 is 33.8 Å². The molecule has 8 nitrogen and oxygen atoms in total. The quantitative estimate of drug-likeness (QED) is 0.823. The molecule has 0 saturated carbocycles. The molecule has 1 saturated heterocycles. The molecule has 2 unspecified atom stereocenters. The summed E-state index contributed by atoms with van der Waals surface area (Å²) >= 11 is 3.43. The highest BCUT2D eigenvalue weighted by Gasteiger charge is 2.52. The third-order valence-corrected chi connectivity index (χ3v) is 5.42. The molecule has 9 heteroatoms. The summed E-state index contributed by atoms with van der Waals surface area (Å²) in [7, 11) is 1.69. The van der Waals surface area contributed by atoms with E-state index in [0.29, 0.717) is 18.3 Å². The SMILES string of the molecule is CCCCN1c2nnc(-c3ccc(Br)cc3)n2C2C1C(=O)NC(=O)N2C. The highest BCUT2D eigenvalue weighted by Crippen LogP contribution is 2.40. The molecule has 0 spiro atoms. The molecule has 2 aliphatic heterocycles. The second-order valence-corrected chi connectivity index (χ2v) is 7.43. The van der Waals surface area contributed by atoms with Crippen molar-refractivity contribution in [2.75, 3.05) is 18.5 Å². The van der Waals surface area contributed by atoms with Crippen LogP contribution in [0.4, 0.5) is 10.7 Å². The predicted molar refractivity (Wildman–Crippen MR) is 99.5 cm³/mol. The molecule has 0 bridgehead atoms. The second kappa shape index (κ2) is 6.39. The fourth-order valence-corrected chi connectivity index (χ4v) is 3.83. The number of imide groups is 1. The van der Waals surface area contributed by atoms with Gasteiger partial charge >= 0.3 is 6.03 Å². The Balaban J connectivity index is 1.84. The average molecular weight is 419 g/mol. The highest BCUT2D eigenvalue weighted by molar-refractivity contribution is 9.10. The van der Waals surface area contributed by atoms with Crippen molar-refractivity contribution in [1.29, 1.82) is 0 Å². The minimum absolute atomic E-state index is 0.290. The molecule has 2 atom stereocenters. The molecule has 1 fully saturated rings. The van der Waals surface area contributed by atoms with Gasteiger partial charge in [-0.3, -0.25) is 14.7 Å². The van der Waals surface area contributed by atoms with E-state index in [-0.39, 0.29) is 5.91 Å². The maximum Gasteiger partial charge on any atom is 0.325 e. The first kappa shape index (κ1) is 17.0. The Morgan fingerprint density at radius 1 is 1.19 bits per heavy atom. The fraction of sp³-hybridized carbons (Fsp3) is 0.412. The molecule has 3 heterocycles. The van der Waals surface area contributed by atoms with E-state index in [2.05, 4.69) is 38.4 Å². The van der Waals surface area contributed by atoms with Crippen molar-refractivity contribution in [2.24, 2.45) is 0 Å². The maximum atomic E-state index is 12.6. The number of aromatic nitrogens is 3. The third kappa shape index (κ3) is 2.49. The number of anilines is 1. The number of rotatable bonds is 4. The van der Waals surface area contributed by atoms with E-state index in [0.717, 1.165) is 22.9 Å². The topological polar surface area (TPSA) is 83.4 Å². The summed E-state index contributed by atoms with van der Waals surface area (Å²) < 4.78 is 2.87. The van der Waals surface area contributed by atoms with Gasteiger partial charge in [-0.2, -0.15) is 0 Å². The molecule has 136 valence electrons. The highest BCUT2D eigenvalue weighted by atomic mass is 79.9. The van der Waals surface area contributed by atoms with Crippen LogP contribution in [0.5, 0.6) is 0 Å². The van der Waals surface area contributed by atoms with Crippen LogP contribution >= 0.6 is 15.9 Å². The van der Waals surface area contributed by atoms with Gasteiger partial charge in [-0.15, -0.1) is 10.2 Å². The fourth-order valence-electron chi connectivity index (χ4n) is 3.56. The van der Waals surface area contributed by atoms with Crippen molar-refractivity contribution in [3.05, 3.63) is 28.7 Å². The molecule has 4 rings (SSSR count). The van der Waals surface area contributed by atoms with Crippen LogP contribution in [0.25, 0.3) is 11.4 Å². The van der Waals surface area contributed by atoms with Crippen molar-refractivity contribution in [3.8, 4) is 11.4 Å². The Labute approximate surface area is 159 Å². The Kier molecular flexibility index (Phi) is 4.18. The van der Waals surface area contributed by atoms with Crippen LogP contribution in [0.1, 0.15) is 25.9 Å². The lowest BCUT2D eigenvalue weighted by Gasteiger charge is -2.37. The zero-order valence-corrected chi connectivity index (χ0v) is 16.1. The number of carbonyl (C=O) groups excluding carboxylic acids is 2. The number of fused-ring (bicyclic) bond motifs is 3. The summed E-state index contributed by atoms with van der Waals surface area (Å²) in [6.07, 6.45) is 1.46. The first-order chi connectivity index (χ1) is 12.5. The molecular weight excluding hydrogens is 400 g/mol. The number of nitrogens with one attached hydrogen (secondary N) is 1.